The molecule has 2 aromatic rings. The van der Waals surface area contributed by atoms with Crippen LogP contribution >= 0.6 is 11.6 Å². The van der Waals surface area contributed by atoms with E-state index in [0.29, 0.717) is 16.4 Å². The van der Waals surface area contributed by atoms with Gasteiger partial charge in [-0.1, -0.05) is 11.6 Å². The molecule has 0 spiro atoms. The second kappa shape index (κ2) is 5.32. The number of ether oxygens (including phenoxy) is 1. The van der Waals surface area contributed by atoms with Crippen LogP contribution in [0.3, 0.4) is 0 Å². The average molecular weight is 280 g/mol. The van der Waals surface area contributed by atoms with Gasteiger partial charge in [-0.3, -0.25) is 0 Å². The van der Waals surface area contributed by atoms with Crippen molar-refractivity contribution >= 4 is 40.5 Å². The molecule has 0 aliphatic heterocycles. The fraction of sp³-hybridized carbons (Fsp3) is 0.231. The molecular formula is C13H14ClN3O2. The molecule has 6 heteroatoms. The highest BCUT2D eigenvalue weighted by atomic mass is 35.5. The van der Waals surface area contributed by atoms with E-state index in [4.69, 9.17) is 16.3 Å². The van der Waals surface area contributed by atoms with Crippen LogP contribution in [0.1, 0.15) is 10.5 Å². The summed E-state index contributed by atoms with van der Waals surface area (Å²) < 4.78 is 4.75. The van der Waals surface area contributed by atoms with Crippen molar-refractivity contribution in [3.63, 3.8) is 0 Å². The van der Waals surface area contributed by atoms with Gasteiger partial charge in [0.2, 0.25) is 0 Å². The lowest BCUT2D eigenvalue weighted by Gasteiger charge is -2.03. The summed E-state index contributed by atoms with van der Waals surface area (Å²) in [5.41, 5.74) is 1.63. The standard InChI is InChI=1S/C13H14ClN3O2/c1-17(2)7-15-11-9-6-8(14)4-5-10(9)16-12(11)13(18)19-3/h4-7,16H,1-3H3. The van der Waals surface area contributed by atoms with Gasteiger partial charge in [0, 0.05) is 30.0 Å². The van der Waals surface area contributed by atoms with E-state index in [1.54, 1.807) is 29.4 Å². The van der Waals surface area contributed by atoms with Crippen molar-refractivity contribution < 1.29 is 9.53 Å². The topological polar surface area (TPSA) is 57.7 Å². The van der Waals surface area contributed by atoms with Gasteiger partial charge in [-0.2, -0.15) is 0 Å². The van der Waals surface area contributed by atoms with Gasteiger partial charge in [0.15, 0.2) is 5.69 Å². The van der Waals surface area contributed by atoms with Gasteiger partial charge in [-0.25, -0.2) is 9.79 Å². The van der Waals surface area contributed by atoms with Crippen LogP contribution in [0.5, 0.6) is 0 Å². The number of halogens is 1. The Labute approximate surface area is 115 Å². The molecule has 0 amide bonds. The Hall–Kier alpha value is -2.01. The zero-order valence-corrected chi connectivity index (χ0v) is 11.7. The molecule has 2 rings (SSSR count). The lowest BCUT2D eigenvalue weighted by molar-refractivity contribution is 0.0596. The molecule has 0 atom stereocenters. The number of aromatic nitrogens is 1. The first-order valence-electron chi connectivity index (χ1n) is 5.63. The summed E-state index contributed by atoms with van der Waals surface area (Å²) in [6, 6.07) is 5.32. The van der Waals surface area contributed by atoms with Crippen LogP contribution in [0.2, 0.25) is 5.02 Å². The molecule has 0 unspecified atom stereocenters. The van der Waals surface area contributed by atoms with Gasteiger partial charge < -0.3 is 14.6 Å². The lowest BCUT2D eigenvalue weighted by atomic mass is 10.2. The number of carbonyl (C=O) groups is 1. The summed E-state index contributed by atoms with van der Waals surface area (Å²) in [5, 5.41) is 1.37. The molecule has 0 radical (unpaired) electrons. The molecule has 1 N–H and O–H groups in total. The Morgan fingerprint density at radius 3 is 2.84 bits per heavy atom. The molecule has 0 saturated carbocycles. The van der Waals surface area contributed by atoms with E-state index < -0.39 is 5.97 Å². The Kier molecular flexibility index (Phi) is 3.76. The number of hydrogen-bond acceptors (Lipinski definition) is 3. The predicted molar refractivity (Wildman–Crippen MR) is 76.5 cm³/mol. The normalized spacial score (nSPS) is 11.2. The van der Waals surface area contributed by atoms with Crippen LogP contribution in [0.4, 0.5) is 5.69 Å². The highest BCUT2D eigenvalue weighted by Crippen LogP contribution is 2.32. The highest BCUT2D eigenvalue weighted by molar-refractivity contribution is 6.31. The van der Waals surface area contributed by atoms with Crippen molar-refractivity contribution in [2.45, 2.75) is 0 Å². The van der Waals surface area contributed by atoms with Crippen LogP contribution < -0.4 is 0 Å². The Morgan fingerprint density at radius 2 is 2.21 bits per heavy atom. The van der Waals surface area contributed by atoms with Crippen molar-refractivity contribution in [2.24, 2.45) is 4.99 Å². The van der Waals surface area contributed by atoms with Crippen molar-refractivity contribution in [1.29, 1.82) is 0 Å². The largest absolute Gasteiger partial charge is 0.464 e. The van der Waals surface area contributed by atoms with Gasteiger partial charge in [-0.15, -0.1) is 0 Å². The molecule has 1 heterocycles. The van der Waals surface area contributed by atoms with E-state index in [1.807, 2.05) is 14.1 Å². The van der Waals surface area contributed by atoms with Gasteiger partial charge in [-0.05, 0) is 18.2 Å². The fourth-order valence-electron chi connectivity index (χ4n) is 1.71. The van der Waals surface area contributed by atoms with E-state index >= 15 is 0 Å². The zero-order valence-electron chi connectivity index (χ0n) is 10.9. The molecule has 0 fully saturated rings. The van der Waals surface area contributed by atoms with Crippen molar-refractivity contribution in [1.82, 2.24) is 9.88 Å². The lowest BCUT2D eigenvalue weighted by Crippen LogP contribution is -2.07. The van der Waals surface area contributed by atoms with Crippen LogP contribution in [0, 0.1) is 0 Å². The molecule has 0 aliphatic rings. The highest BCUT2D eigenvalue weighted by Gasteiger charge is 2.18. The minimum Gasteiger partial charge on any atom is -0.464 e. The first-order valence-corrected chi connectivity index (χ1v) is 6.01. The third-order valence-electron chi connectivity index (χ3n) is 2.54. The second-order valence-electron chi connectivity index (χ2n) is 4.24. The number of esters is 1. The maximum absolute atomic E-state index is 11.8. The minimum atomic E-state index is -0.460. The minimum absolute atomic E-state index is 0.317. The maximum Gasteiger partial charge on any atom is 0.356 e. The first kappa shape index (κ1) is 13.4. The van der Waals surface area contributed by atoms with E-state index in [-0.39, 0.29) is 0 Å². The summed E-state index contributed by atoms with van der Waals surface area (Å²) in [6.45, 7) is 0. The Balaban J connectivity index is 2.66. The quantitative estimate of drug-likeness (QED) is 0.534. The fourth-order valence-corrected chi connectivity index (χ4v) is 1.88. The van der Waals surface area contributed by atoms with Crippen molar-refractivity contribution in [2.75, 3.05) is 21.2 Å². The molecule has 100 valence electrons. The van der Waals surface area contributed by atoms with Crippen molar-refractivity contribution in [3.8, 4) is 0 Å². The molecule has 19 heavy (non-hydrogen) atoms. The number of benzene rings is 1. The summed E-state index contributed by atoms with van der Waals surface area (Å²) >= 11 is 5.98. The predicted octanol–water partition coefficient (Wildman–Crippen LogP) is 2.83. The number of aliphatic imine (C=N–C) groups is 1. The third kappa shape index (κ3) is 2.71. The molecule has 0 bridgehead atoms. The van der Waals surface area contributed by atoms with Gasteiger partial charge >= 0.3 is 5.97 Å². The number of rotatable bonds is 3. The number of nitrogens with zero attached hydrogens (tertiary/aromatic N) is 2. The Bertz CT molecular complexity index is 647. The maximum atomic E-state index is 11.8. The zero-order chi connectivity index (χ0) is 14.0. The van der Waals surface area contributed by atoms with Crippen LogP contribution in [0.25, 0.3) is 10.9 Å². The number of hydrogen-bond donors (Lipinski definition) is 1. The number of nitrogens with one attached hydrogen (secondary N) is 1. The van der Waals surface area contributed by atoms with Crippen LogP contribution in [-0.2, 0) is 4.74 Å². The molecule has 0 saturated heterocycles. The summed E-state index contributed by atoms with van der Waals surface area (Å²) in [6.07, 6.45) is 1.62. The third-order valence-corrected chi connectivity index (χ3v) is 2.78. The van der Waals surface area contributed by atoms with E-state index in [0.717, 1.165) is 10.9 Å². The molecular weight excluding hydrogens is 266 g/mol. The monoisotopic (exact) mass is 279 g/mol. The first-order chi connectivity index (χ1) is 9.02. The smallest absolute Gasteiger partial charge is 0.356 e. The summed E-state index contributed by atoms with van der Waals surface area (Å²) in [7, 11) is 5.03. The number of carbonyl (C=O) groups excluding carboxylic acids is 1. The number of H-pyrrole nitrogens is 1. The van der Waals surface area contributed by atoms with Gasteiger partial charge in [0.05, 0.1) is 13.4 Å². The SMILES string of the molecule is COC(=O)c1[nH]c2ccc(Cl)cc2c1N=CN(C)C. The number of methoxy groups -OCH3 is 1. The Morgan fingerprint density at radius 1 is 1.47 bits per heavy atom. The number of fused-ring (bicyclic) bond motifs is 1. The summed E-state index contributed by atoms with van der Waals surface area (Å²) in [5.74, 6) is -0.460. The number of aromatic amines is 1. The molecule has 1 aromatic heterocycles. The summed E-state index contributed by atoms with van der Waals surface area (Å²) in [4.78, 5) is 20.9. The van der Waals surface area contributed by atoms with Crippen molar-refractivity contribution in [3.05, 3.63) is 28.9 Å². The van der Waals surface area contributed by atoms with E-state index in [2.05, 4.69) is 9.98 Å². The molecule has 1 aromatic carbocycles. The van der Waals surface area contributed by atoms with E-state index in [9.17, 15) is 4.79 Å². The molecule has 0 aliphatic carbocycles. The average Bonchev–Trinajstić information content (AvgIpc) is 2.73. The van der Waals surface area contributed by atoms with Crippen LogP contribution in [-0.4, -0.2) is 43.4 Å². The van der Waals surface area contributed by atoms with Crippen LogP contribution in [0.15, 0.2) is 23.2 Å². The van der Waals surface area contributed by atoms with E-state index in [1.165, 1.54) is 7.11 Å². The van der Waals surface area contributed by atoms with Gasteiger partial charge in [0.25, 0.3) is 0 Å². The molecule has 5 nitrogen and oxygen atoms in total. The van der Waals surface area contributed by atoms with Gasteiger partial charge in [0.1, 0.15) is 5.69 Å². The second-order valence-corrected chi connectivity index (χ2v) is 4.67.